The SMILES string of the molecule is CCOC(=O)CCC(=O)Nc1ncccc1C(=O)O. The predicted molar refractivity (Wildman–Crippen MR) is 65.7 cm³/mol. The highest BCUT2D eigenvalue weighted by Crippen LogP contribution is 2.11. The Morgan fingerprint density at radius 2 is 2.11 bits per heavy atom. The molecule has 2 N–H and O–H groups in total. The molecule has 19 heavy (non-hydrogen) atoms. The Morgan fingerprint density at radius 1 is 1.37 bits per heavy atom. The van der Waals surface area contributed by atoms with Crippen LogP contribution >= 0.6 is 0 Å². The van der Waals surface area contributed by atoms with Crippen LogP contribution in [0.25, 0.3) is 0 Å². The molecule has 7 nitrogen and oxygen atoms in total. The average Bonchev–Trinajstić information content (AvgIpc) is 2.37. The van der Waals surface area contributed by atoms with Crippen molar-refractivity contribution in [3.63, 3.8) is 0 Å². The molecule has 0 atom stereocenters. The normalized spacial score (nSPS) is 9.74. The number of nitrogens with one attached hydrogen (secondary N) is 1. The molecule has 0 unspecified atom stereocenters. The van der Waals surface area contributed by atoms with Gasteiger partial charge in [0, 0.05) is 12.6 Å². The van der Waals surface area contributed by atoms with E-state index in [9.17, 15) is 14.4 Å². The van der Waals surface area contributed by atoms with Crippen LogP contribution in [0.5, 0.6) is 0 Å². The van der Waals surface area contributed by atoms with Crippen molar-refractivity contribution in [3.05, 3.63) is 23.9 Å². The molecule has 1 heterocycles. The van der Waals surface area contributed by atoms with Gasteiger partial charge in [-0.3, -0.25) is 9.59 Å². The van der Waals surface area contributed by atoms with Crippen molar-refractivity contribution in [2.75, 3.05) is 11.9 Å². The third kappa shape index (κ3) is 4.74. The molecule has 0 aliphatic rings. The standard InChI is InChI=1S/C12H14N2O5/c1-2-19-10(16)6-5-9(15)14-11-8(12(17)18)4-3-7-13-11/h3-4,7H,2,5-6H2,1H3,(H,17,18)(H,13,14,15). The third-order valence-corrected chi connectivity index (χ3v) is 2.16. The first-order valence-corrected chi connectivity index (χ1v) is 5.68. The van der Waals surface area contributed by atoms with Gasteiger partial charge in [0.1, 0.15) is 11.4 Å². The van der Waals surface area contributed by atoms with Crippen LogP contribution in [0, 0.1) is 0 Å². The van der Waals surface area contributed by atoms with Crippen LogP contribution < -0.4 is 5.32 Å². The van der Waals surface area contributed by atoms with E-state index in [-0.39, 0.29) is 30.8 Å². The van der Waals surface area contributed by atoms with Gasteiger partial charge in [-0.05, 0) is 19.1 Å². The number of rotatable bonds is 6. The summed E-state index contributed by atoms with van der Waals surface area (Å²) in [7, 11) is 0. The molecule has 7 heteroatoms. The van der Waals surface area contributed by atoms with Crippen molar-refractivity contribution in [3.8, 4) is 0 Å². The Morgan fingerprint density at radius 3 is 2.74 bits per heavy atom. The van der Waals surface area contributed by atoms with E-state index in [1.54, 1.807) is 6.92 Å². The maximum Gasteiger partial charge on any atom is 0.339 e. The Balaban J connectivity index is 2.58. The van der Waals surface area contributed by atoms with Crippen LogP contribution in [0.2, 0.25) is 0 Å². The Labute approximate surface area is 109 Å². The van der Waals surface area contributed by atoms with Gasteiger partial charge in [-0.15, -0.1) is 0 Å². The molecule has 0 aliphatic heterocycles. The number of aromatic carboxylic acids is 1. The van der Waals surface area contributed by atoms with Crippen LogP contribution in [-0.2, 0) is 14.3 Å². The molecule has 0 spiro atoms. The van der Waals surface area contributed by atoms with E-state index >= 15 is 0 Å². The fraction of sp³-hybridized carbons (Fsp3) is 0.333. The van der Waals surface area contributed by atoms with Gasteiger partial charge in [-0.2, -0.15) is 0 Å². The zero-order valence-electron chi connectivity index (χ0n) is 10.4. The van der Waals surface area contributed by atoms with E-state index in [4.69, 9.17) is 5.11 Å². The number of anilines is 1. The highest BCUT2D eigenvalue weighted by Gasteiger charge is 2.14. The monoisotopic (exact) mass is 266 g/mol. The molecule has 0 aliphatic carbocycles. The molecular weight excluding hydrogens is 252 g/mol. The van der Waals surface area contributed by atoms with Crippen LogP contribution in [0.3, 0.4) is 0 Å². The first-order chi connectivity index (χ1) is 9.04. The van der Waals surface area contributed by atoms with Crippen molar-refractivity contribution in [1.29, 1.82) is 0 Å². The number of pyridine rings is 1. The summed E-state index contributed by atoms with van der Waals surface area (Å²) < 4.78 is 4.68. The maximum atomic E-state index is 11.5. The summed E-state index contributed by atoms with van der Waals surface area (Å²) in [5.41, 5.74) is -0.105. The number of ether oxygens (including phenoxy) is 1. The minimum absolute atomic E-state index is 0.0381. The molecule has 0 aromatic carbocycles. The van der Waals surface area contributed by atoms with Gasteiger partial charge in [0.2, 0.25) is 5.91 Å². The number of aromatic nitrogens is 1. The van der Waals surface area contributed by atoms with Gasteiger partial charge in [0.15, 0.2) is 0 Å². The van der Waals surface area contributed by atoms with Crippen molar-refractivity contribution in [1.82, 2.24) is 4.98 Å². The Kier molecular flexibility index (Phi) is 5.46. The lowest BCUT2D eigenvalue weighted by molar-refractivity contribution is -0.144. The minimum Gasteiger partial charge on any atom is -0.478 e. The van der Waals surface area contributed by atoms with E-state index in [1.807, 2.05) is 0 Å². The number of carboxylic acids is 1. The van der Waals surface area contributed by atoms with Crippen molar-refractivity contribution in [2.24, 2.45) is 0 Å². The van der Waals surface area contributed by atoms with Crippen molar-refractivity contribution < 1.29 is 24.2 Å². The molecule has 0 bridgehead atoms. The maximum absolute atomic E-state index is 11.5. The van der Waals surface area contributed by atoms with Gasteiger partial charge in [0.25, 0.3) is 0 Å². The summed E-state index contributed by atoms with van der Waals surface area (Å²) in [5.74, 6) is -2.19. The van der Waals surface area contributed by atoms with Gasteiger partial charge in [-0.25, -0.2) is 9.78 Å². The first kappa shape index (κ1) is 14.6. The van der Waals surface area contributed by atoms with Crippen molar-refractivity contribution in [2.45, 2.75) is 19.8 Å². The van der Waals surface area contributed by atoms with Crippen LogP contribution in [0.1, 0.15) is 30.1 Å². The molecule has 1 aromatic rings. The average molecular weight is 266 g/mol. The van der Waals surface area contributed by atoms with Crippen LogP contribution in [0.15, 0.2) is 18.3 Å². The van der Waals surface area contributed by atoms with E-state index in [2.05, 4.69) is 15.0 Å². The second-order valence-corrected chi connectivity index (χ2v) is 3.56. The molecule has 1 rings (SSSR count). The number of carboxylic acid groups (broad SMARTS) is 1. The second kappa shape index (κ2) is 7.10. The molecular formula is C12H14N2O5. The highest BCUT2D eigenvalue weighted by atomic mass is 16.5. The largest absolute Gasteiger partial charge is 0.478 e. The number of amides is 1. The van der Waals surface area contributed by atoms with Gasteiger partial charge >= 0.3 is 11.9 Å². The van der Waals surface area contributed by atoms with Crippen LogP contribution in [-0.4, -0.2) is 34.5 Å². The fourth-order valence-corrected chi connectivity index (χ4v) is 1.32. The number of esters is 1. The van der Waals surface area contributed by atoms with Gasteiger partial charge in [0.05, 0.1) is 13.0 Å². The summed E-state index contributed by atoms with van der Waals surface area (Å²) in [4.78, 5) is 37.3. The topological polar surface area (TPSA) is 106 Å². The lowest BCUT2D eigenvalue weighted by atomic mass is 10.2. The highest BCUT2D eigenvalue weighted by molar-refractivity contribution is 5.99. The molecule has 0 saturated heterocycles. The second-order valence-electron chi connectivity index (χ2n) is 3.56. The number of hydrogen-bond donors (Lipinski definition) is 2. The number of hydrogen-bond acceptors (Lipinski definition) is 5. The quantitative estimate of drug-likeness (QED) is 0.746. The van der Waals surface area contributed by atoms with E-state index < -0.39 is 17.8 Å². The van der Waals surface area contributed by atoms with E-state index in [1.165, 1.54) is 18.3 Å². The smallest absolute Gasteiger partial charge is 0.339 e. The minimum atomic E-state index is -1.19. The van der Waals surface area contributed by atoms with Gasteiger partial charge in [-0.1, -0.05) is 0 Å². The lowest BCUT2D eigenvalue weighted by Crippen LogP contribution is -2.17. The molecule has 0 radical (unpaired) electrons. The fourth-order valence-electron chi connectivity index (χ4n) is 1.32. The molecule has 0 saturated carbocycles. The lowest BCUT2D eigenvalue weighted by Gasteiger charge is -2.06. The summed E-state index contributed by atoms with van der Waals surface area (Å²) in [6.45, 7) is 1.93. The molecule has 102 valence electrons. The number of carbonyl (C=O) groups is 3. The van der Waals surface area contributed by atoms with E-state index in [0.717, 1.165) is 0 Å². The van der Waals surface area contributed by atoms with E-state index in [0.29, 0.717) is 0 Å². The Hall–Kier alpha value is -2.44. The summed E-state index contributed by atoms with van der Waals surface area (Å²) in [5, 5.41) is 11.3. The summed E-state index contributed by atoms with van der Waals surface area (Å²) in [6.07, 6.45) is 1.22. The zero-order valence-corrected chi connectivity index (χ0v) is 10.4. The summed E-state index contributed by atoms with van der Waals surface area (Å²) >= 11 is 0. The van der Waals surface area contributed by atoms with Gasteiger partial charge < -0.3 is 15.2 Å². The molecule has 1 amide bonds. The summed E-state index contributed by atoms with van der Waals surface area (Å²) in [6, 6.07) is 2.79. The predicted octanol–water partition coefficient (Wildman–Crippen LogP) is 1.06. The Bertz CT molecular complexity index is 487. The molecule has 0 fully saturated rings. The zero-order chi connectivity index (χ0) is 14.3. The number of carbonyl (C=O) groups excluding carboxylic acids is 2. The van der Waals surface area contributed by atoms with Crippen molar-refractivity contribution >= 4 is 23.7 Å². The third-order valence-electron chi connectivity index (χ3n) is 2.16. The number of nitrogens with zero attached hydrogens (tertiary/aromatic N) is 1. The molecule has 1 aromatic heterocycles. The van der Waals surface area contributed by atoms with Crippen LogP contribution in [0.4, 0.5) is 5.82 Å². The first-order valence-electron chi connectivity index (χ1n) is 5.68.